The molecule has 2 saturated heterocycles. The number of ether oxygens (including phenoxy) is 2. The third-order valence-corrected chi connectivity index (χ3v) is 3.66. The summed E-state index contributed by atoms with van der Waals surface area (Å²) in [4.78, 5) is 12.1. The fourth-order valence-corrected chi connectivity index (χ4v) is 2.81. The van der Waals surface area contributed by atoms with Crippen LogP contribution < -0.4 is 4.74 Å². The summed E-state index contributed by atoms with van der Waals surface area (Å²) in [6.45, 7) is 0. The van der Waals surface area contributed by atoms with Crippen LogP contribution in [0.15, 0.2) is 30.3 Å². The summed E-state index contributed by atoms with van der Waals surface area (Å²) in [6, 6.07) is 11.1. The lowest BCUT2D eigenvalue weighted by atomic mass is 9.80. The maximum absolute atomic E-state index is 12.1. The highest BCUT2D eigenvalue weighted by Crippen LogP contribution is 2.43. The minimum atomic E-state index is -0.436. The summed E-state index contributed by atoms with van der Waals surface area (Å²) >= 11 is 0. The van der Waals surface area contributed by atoms with E-state index in [2.05, 4.69) is 6.07 Å². The average Bonchev–Trinajstić information content (AvgIpc) is 2.99. The van der Waals surface area contributed by atoms with Crippen molar-refractivity contribution in [2.24, 2.45) is 11.8 Å². The van der Waals surface area contributed by atoms with Gasteiger partial charge in [0.1, 0.15) is 11.7 Å². The fourth-order valence-electron chi connectivity index (χ4n) is 2.81. The molecule has 4 heteroatoms. The molecule has 2 aliphatic rings. The lowest BCUT2D eigenvalue weighted by molar-refractivity contribution is -0.141. The van der Waals surface area contributed by atoms with Crippen LogP contribution in [0, 0.1) is 23.2 Å². The smallest absolute Gasteiger partial charge is 0.318 e. The molecule has 0 radical (unpaired) electrons. The Morgan fingerprint density at radius 3 is 2.72 bits per heavy atom. The Kier molecular flexibility index (Phi) is 2.77. The minimum absolute atomic E-state index is 0.0895. The third-order valence-electron chi connectivity index (χ3n) is 3.66. The van der Waals surface area contributed by atoms with E-state index in [0.717, 1.165) is 12.8 Å². The second-order valence-corrected chi connectivity index (χ2v) is 4.71. The average molecular weight is 243 g/mol. The van der Waals surface area contributed by atoms with E-state index >= 15 is 0 Å². The molecule has 1 aromatic rings. The zero-order valence-corrected chi connectivity index (χ0v) is 9.78. The Labute approximate surface area is 105 Å². The van der Waals surface area contributed by atoms with Crippen LogP contribution in [0.2, 0.25) is 0 Å². The van der Waals surface area contributed by atoms with Crippen molar-refractivity contribution >= 4 is 5.97 Å². The van der Waals surface area contributed by atoms with Gasteiger partial charge in [0, 0.05) is 0 Å². The Morgan fingerprint density at radius 1 is 1.28 bits per heavy atom. The normalized spacial score (nSPS) is 33.1. The summed E-state index contributed by atoms with van der Waals surface area (Å²) in [6.07, 6.45) is 1.49. The van der Waals surface area contributed by atoms with Gasteiger partial charge in [0.2, 0.25) is 0 Å². The van der Waals surface area contributed by atoms with Gasteiger partial charge in [0.15, 0.2) is 0 Å². The van der Waals surface area contributed by atoms with Gasteiger partial charge in [-0.3, -0.25) is 4.79 Å². The van der Waals surface area contributed by atoms with Crippen molar-refractivity contribution in [3.05, 3.63) is 30.3 Å². The van der Waals surface area contributed by atoms with Crippen LogP contribution in [0.5, 0.6) is 5.75 Å². The van der Waals surface area contributed by atoms with Gasteiger partial charge in [-0.1, -0.05) is 18.2 Å². The molecule has 2 fully saturated rings. The van der Waals surface area contributed by atoms with Gasteiger partial charge in [0.05, 0.1) is 24.2 Å². The molecule has 0 amide bonds. The van der Waals surface area contributed by atoms with Gasteiger partial charge < -0.3 is 9.47 Å². The van der Waals surface area contributed by atoms with E-state index in [1.165, 1.54) is 0 Å². The van der Waals surface area contributed by atoms with E-state index in [9.17, 15) is 4.79 Å². The second-order valence-electron chi connectivity index (χ2n) is 4.71. The van der Waals surface area contributed by atoms with Crippen LogP contribution in [0.4, 0.5) is 0 Å². The molecule has 2 heterocycles. The summed E-state index contributed by atoms with van der Waals surface area (Å²) < 4.78 is 10.9. The van der Waals surface area contributed by atoms with Gasteiger partial charge in [-0.25, -0.2) is 0 Å². The largest absolute Gasteiger partial charge is 0.426 e. The minimum Gasteiger partial charge on any atom is -0.426 e. The zero-order valence-electron chi connectivity index (χ0n) is 9.78. The van der Waals surface area contributed by atoms with Crippen LogP contribution in [0.25, 0.3) is 0 Å². The predicted molar refractivity (Wildman–Crippen MR) is 62.6 cm³/mol. The van der Waals surface area contributed by atoms with Gasteiger partial charge in [-0.05, 0) is 25.0 Å². The molecule has 0 spiro atoms. The molecule has 4 unspecified atom stereocenters. The van der Waals surface area contributed by atoms with Crippen LogP contribution in [-0.2, 0) is 9.53 Å². The van der Waals surface area contributed by atoms with Crippen molar-refractivity contribution in [3.8, 4) is 11.8 Å². The number of nitriles is 1. The Hall–Kier alpha value is -1.86. The number of fused-ring (bicyclic) bond motifs is 2. The number of rotatable bonds is 2. The number of carbonyl (C=O) groups is 1. The number of esters is 1. The van der Waals surface area contributed by atoms with Gasteiger partial charge in [0.25, 0.3) is 0 Å². The molecule has 92 valence electrons. The summed E-state index contributed by atoms with van der Waals surface area (Å²) in [5, 5.41) is 9.14. The van der Waals surface area contributed by atoms with Gasteiger partial charge in [-0.15, -0.1) is 0 Å². The maximum atomic E-state index is 12.1. The summed E-state index contributed by atoms with van der Waals surface area (Å²) in [7, 11) is 0. The van der Waals surface area contributed by atoms with Crippen molar-refractivity contribution in [2.45, 2.75) is 25.0 Å². The van der Waals surface area contributed by atoms with Gasteiger partial charge >= 0.3 is 5.97 Å². The molecule has 18 heavy (non-hydrogen) atoms. The first-order chi connectivity index (χ1) is 8.79. The van der Waals surface area contributed by atoms with Crippen molar-refractivity contribution in [1.82, 2.24) is 0 Å². The molecule has 4 atom stereocenters. The lowest BCUT2D eigenvalue weighted by Gasteiger charge is -2.20. The number of benzene rings is 1. The Morgan fingerprint density at radius 2 is 2.00 bits per heavy atom. The first kappa shape index (κ1) is 11.2. The molecule has 0 aromatic heterocycles. The summed E-state index contributed by atoms with van der Waals surface area (Å²) in [5.41, 5.74) is 0. The molecule has 0 N–H and O–H groups in total. The number of hydrogen-bond donors (Lipinski definition) is 0. The highest BCUT2D eigenvalue weighted by atomic mass is 16.5. The number of carbonyl (C=O) groups excluding carboxylic acids is 1. The van der Waals surface area contributed by atoms with Crippen LogP contribution >= 0.6 is 0 Å². The van der Waals surface area contributed by atoms with Crippen LogP contribution in [-0.4, -0.2) is 18.2 Å². The fraction of sp³-hybridized carbons (Fsp3) is 0.429. The lowest BCUT2D eigenvalue weighted by Crippen LogP contribution is -2.35. The Balaban J connectivity index is 1.75. The SMILES string of the molecule is N#CC1C2CCC(O2)C1C(=O)Oc1ccccc1. The van der Waals surface area contributed by atoms with Crippen molar-refractivity contribution in [3.63, 3.8) is 0 Å². The van der Waals surface area contributed by atoms with E-state index in [4.69, 9.17) is 14.7 Å². The van der Waals surface area contributed by atoms with E-state index in [1.54, 1.807) is 12.1 Å². The topological polar surface area (TPSA) is 59.3 Å². The van der Waals surface area contributed by atoms with E-state index in [1.807, 2.05) is 18.2 Å². The zero-order chi connectivity index (χ0) is 12.5. The highest BCUT2D eigenvalue weighted by Gasteiger charge is 2.53. The molecule has 0 saturated carbocycles. The maximum Gasteiger partial charge on any atom is 0.318 e. The molecule has 1 aromatic carbocycles. The van der Waals surface area contributed by atoms with Crippen LogP contribution in [0.3, 0.4) is 0 Å². The van der Waals surface area contributed by atoms with Crippen LogP contribution in [0.1, 0.15) is 12.8 Å². The second kappa shape index (κ2) is 4.43. The predicted octanol–water partition coefficient (Wildman–Crippen LogP) is 1.91. The third kappa shape index (κ3) is 1.77. The van der Waals surface area contributed by atoms with Crippen molar-refractivity contribution < 1.29 is 14.3 Å². The molecular formula is C14H13NO3. The number of nitrogens with zero attached hydrogens (tertiary/aromatic N) is 1. The molecule has 2 bridgehead atoms. The molecule has 0 aliphatic carbocycles. The van der Waals surface area contributed by atoms with E-state index in [-0.39, 0.29) is 24.1 Å². The molecule has 4 nitrogen and oxygen atoms in total. The van der Waals surface area contributed by atoms with Crippen molar-refractivity contribution in [1.29, 1.82) is 5.26 Å². The highest BCUT2D eigenvalue weighted by molar-refractivity contribution is 5.77. The first-order valence-electron chi connectivity index (χ1n) is 6.11. The standard InChI is InChI=1S/C14H13NO3/c15-8-10-11-6-7-12(18-11)13(10)14(16)17-9-4-2-1-3-5-9/h1-5,10-13H,6-7H2. The van der Waals surface area contributed by atoms with E-state index in [0.29, 0.717) is 5.75 Å². The molecule has 2 aliphatic heterocycles. The van der Waals surface area contributed by atoms with Crippen molar-refractivity contribution in [2.75, 3.05) is 0 Å². The first-order valence-corrected chi connectivity index (χ1v) is 6.11. The number of hydrogen-bond acceptors (Lipinski definition) is 4. The summed E-state index contributed by atoms with van der Waals surface area (Å²) in [5.74, 6) is -0.629. The molecule has 3 rings (SSSR count). The van der Waals surface area contributed by atoms with E-state index < -0.39 is 5.92 Å². The Bertz CT molecular complexity index is 494. The monoisotopic (exact) mass is 243 g/mol. The number of para-hydroxylation sites is 1. The molecular weight excluding hydrogens is 230 g/mol. The quantitative estimate of drug-likeness (QED) is 0.588. The van der Waals surface area contributed by atoms with Gasteiger partial charge in [-0.2, -0.15) is 5.26 Å².